The van der Waals surface area contributed by atoms with Gasteiger partial charge in [0.1, 0.15) is 6.10 Å². The minimum atomic E-state index is -3.33. The highest BCUT2D eigenvalue weighted by atomic mass is 32.2. The molecule has 0 unspecified atom stereocenters. The molecule has 1 aromatic carbocycles. The summed E-state index contributed by atoms with van der Waals surface area (Å²) >= 11 is 1.54. The zero-order chi connectivity index (χ0) is 25.8. The van der Waals surface area contributed by atoms with Crippen molar-refractivity contribution in [1.29, 1.82) is 0 Å². The fourth-order valence-corrected chi connectivity index (χ4v) is 6.93. The molecule has 2 aromatic heterocycles. The van der Waals surface area contributed by atoms with Crippen LogP contribution in [0.3, 0.4) is 0 Å². The van der Waals surface area contributed by atoms with Gasteiger partial charge in [-0.1, -0.05) is 23.5 Å². The van der Waals surface area contributed by atoms with E-state index in [2.05, 4.69) is 25.9 Å². The van der Waals surface area contributed by atoms with Crippen LogP contribution in [-0.4, -0.2) is 84.5 Å². The molecule has 4 heterocycles. The molecule has 0 amide bonds. The number of sulfonamides is 1. The first-order valence-corrected chi connectivity index (χ1v) is 14.8. The Balaban J connectivity index is 1.19. The van der Waals surface area contributed by atoms with Crippen molar-refractivity contribution in [2.24, 2.45) is 0 Å². The lowest BCUT2D eigenvalue weighted by Gasteiger charge is -2.31. The number of methoxy groups -OCH3 is 1. The van der Waals surface area contributed by atoms with Gasteiger partial charge in [-0.2, -0.15) is 4.31 Å². The highest BCUT2D eigenvalue weighted by molar-refractivity contribution is 7.89. The normalized spacial score (nSPS) is 17.7. The molecule has 0 bridgehead atoms. The molecule has 3 aromatic rings. The molecule has 1 fully saturated rings. The zero-order valence-electron chi connectivity index (χ0n) is 20.7. The molecule has 12 heteroatoms. The molecule has 0 aliphatic carbocycles. The van der Waals surface area contributed by atoms with Gasteiger partial charge in [0.25, 0.3) is 5.19 Å². The number of fused-ring (bicyclic) bond motifs is 1. The van der Waals surface area contributed by atoms with Crippen molar-refractivity contribution in [3.63, 3.8) is 0 Å². The van der Waals surface area contributed by atoms with Gasteiger partial charge in [0, 0.05) is 45.6 Å². The summed E-state index contributed by atoms with van der Waals surface area (Å²) in [5.41, 5.74) is 3.12. The lowest BCUT2D eigenvalue weighted by molar-refractivity contribution is 0.170. The van der Waals surface area contributed by atoms with Crippen LogP contribution in [0.1, 0.15) is 31.2 Å². The molecule has 198 valence electrons. The Kier molecular flexibility index (Phi) is 7.89. The van der Waals surface area contributed by atoms with E-state index in [0.717, 1.165) is 47.3 Å². The summed E-state index contributed by atoms with van der Waals surface area (Å²) in [5.74, 6) is 1.33. The Morgan fingerprint density at radius 3 is 2.62 bits per heavy atom. The van der Waals surface area contributed by atoms with Crippen LogP contribution in [0.5, 0.6) is 10.9 Å². The van der Waals surface area contributed by atoms with Crippen molar-refractivity contribution >= 4 is 43.1 Å². The maximum absolute atomic E-state index is 12.4. The summed E-state index contributed by atoms with van der Waals surface area (Å²) in [5, 5.41) is 9.62. The second-order valence-electron chi connectivity index (χ2n) is 9.12. The molecule has 2 aliphatic rings. The largest absolute Gasteiger partial charge is 0.494 e. The summed E-state index contributed by atoms with van der Waals surface area (Å²) in [7, 11) is -1.73. The number of aromatic nitrogens is 3. The number of thiazole rings is 1. The first-order valence-electron chi connectivity index (χ1n) is 12.4. The molecule has 5 rings (SSSR count). The molecule has 0 spiro atoms. The summed E-state index contributed by atoms with van der Waals surface area (Å²) in [6, 6.07) is 6.16. The second-order valence-corrected chi connectivity index (χ2v) is 12.2. The Morgan fingerprint density at radius 2 is 1.95 bits per heavy atom. The van der Waals surface area contributed by atoms with Gasteiger partial charge in [-0.3, -0.25) is 0 Å². The Bertz CT molecular complexity index is 1350. The van der Waals surface area contributed by atoms with Gasteiger partial charge in [0.05, 0.1) is 35.5 Å². The van der Waals surface area contributed by atoms with Crippen LogP contribution in [0, 0.1) is 0 Å². The Labute approximate surface area is 220 Å². The SMILES string of the molecule is COc1cnc(N2CCC(Oc3nc4ccc(C5=CCN(S(=O)(=O)CCCO)CC5)cc4s3)CC2)nc1. The highest BCUT2D eigenvalue weighted by Crippen LogP contribution is 2.33. The molecule has 1 saturated heterocycles. The number of aliphatic hydroxyl groups excluding tert-OH is 1. The molecule has 0 saturated carbocycles. The summed E-state index contributed by atoms with van der Waals surface area (Å²) in [6.45, 7) is 2.32. The number of ether oxygens (including phenoxy) is 2. The summed E-state index contributed by atoms with van der Waals surface area (Å²) in [4.78, 5) is 15.6. The Hall–Kier alpha value is -2.80. The van der Waals surface area contributed by atoms with Crippen molar-refractivity contribution in [3.8, 4) is 10.9 Å². The van der Waals surface area contributed by atoms with Gasteiger partial charge in [-0.25, -0.2) is 23.4 Å². The topological polar surface area (TPSA) is 118 Å². The predicted molar refractivity (Wildman–Crippen MR) is 144 cm³/mol. The third-order valence-corrected chi connectivity index (χ3v) is 9.54. The van der Waals surface area contributed by atoms with Crippen molar-refractivity contribution in [1.82, 2.24) is 19.3 Å². The molecule has 0 atom stereocenters. The lowest BCUT2D eigenvalue weighted by atomic mass is 10.0. The molecular formula is C25H31N5O5S2. The molecule has 10 nitrogen and oxygen atoms in total. The van der Waals surface area contributed by atoms with E-state index < -0.39 is 10.0 Å². The van der Waals surface area contributed by atoms with E-state index in [1.165, 1.54) is 4.31 Å². The monoisotopic (exact) mass is 545 g/mol. The van der Waals surface area contributed by atoms with Crippen molar-refractivity contribution < 1.29 is 23.0 Å². The van der Waals surface area contributed by atoms with Crippen LogP contribution in [0.2, 0.25) is 0 Å². The first kappa shape index (κ1) is 25.8. The van der Waals surface area contributed by atoms with E-state index >= 15 is 0 Å². The van der Waals surface area contributed by atoms with Crippen molar-refractivity contribution in [2.75, 3.05) is 50.5 Å². The number of hydrogen-bond donors (Lipinski definition) is 1. The zero-order valence-corrected chi connectivity index (χ0v) is 22.4. The predicted octanol–water partition coefficient (Wildman–Crippen LogP) is 2.94. The third-order valence-electron chi connectivity index (χ3n) is 6.71. The average Bonchev–Trinajstić information content (AvgIpc) is 3.34. The molecule has 37 heavy (non-hydrogen) atoms. The third kappa shape index (κ3) is 6.03. The average molecular weight is 546 g/mol. The number of benzene rings is 1. The minimum absolute atomic E-state index is 0.0173. The van der Waals surface area contributed by atoms with Gasteiger partial charge in [0.15, 0.2) is 5.75 Å². The maximum Gasteiger partial charge on any atom is 0.274 e. The molecule has 2 aliphatic heterocycles. The fourth-order valence-electron chi connectivity index (χ4n) is 4.59. The first-order chi connectivity index (χ1) is 17.9. The van der Waals surface area contributed by atoms with Crippen LogP contribution in [-0.2, 0) is 10.0 Å². The van der Waals surface area contributed by atoms with Crippen molar-refractivity contribution in [3.05, 3.63) is 42.2 Å². The fraction of sp³-hybridized carbons (Fsp3) is 0.480. The van der Waals surface area contributed by atoms with Crippen LogP contribution < -0.4 is 14.4 Å². The van der Waals surface area contributed by atoms with E-state index in [0.29, 0.717) is 36.4 Å². The number of rotatable bonds is 9. The number of piperidine rings is 1. The van der Waals surface area contributed by atoms with Gasteiger partial charge in [-0.15, -0.1) is 0 Å². The van der Waals surface area contributed by atoms with E-state index in [1.807, 2.05) is 18.2 Å². The van der Waals surface area contributed by atoms with Crippen LogP contribution in [0.15, 0.2) is 36.7 Å². The second kappa shape index (κ2) is 11.3. The molecule has 1 N–H and O–H groups in total. The summed E-state index contributed by atoms with van der Waals surface area (Å²) < 4.78 is 38.7. The number of nitrogens with zero attached hydrogens (tertiary/aromatic N) is 5. The number of aliphatic hydroxyl groups is 1. The van der Waals surface area contributed by atoms with Gasteiger partial charge >= 0.3 is 0 Å². The number of anilines is 1. The summed E-state index contributed by atoms with van der Waals surface area (Å²) in [6.07, 6.45) is 8.08. The van der Waals surface area contributed by atoms with E-state index in [1.54, 1.807) is 30.8 Å². The van der Waals surface area contributed by atoms with Gasteiger partial charge < -0.3 is 19.5 Å². The van der Waals surface area contributed by atoms with Crippen LogP contribution in [0.25, 0.3) is 15.8 Å². The molecule has 0 radical (unpaired) electrons. The van der Waals surface area contributed by atoms with Gasteiger partial charge in [0.2, 0.25) is 16.0 Å². The molecular weight excluding hydrogens is 514 g/mol. The van der Waals surface area contributed by atoms with E-state index in [9.17, 15) is 8.42 Å². The van der Waals surface area contributed by atoms with Crippen LogP contribution >= 0.6 is 11.3 Å². The number of hydrogen-bond acceptors (Lipinski definition) is 10. The lowest BCUT2D eigenvalue weighted by Crippen LogP contribution is -2.39. The van der Waals surface area contributed by atoms with E-state index in [-0.39, 0.29) is 24.9 Å². The maximum atomic E-state index is 12.4. The smallest absolute Gasteiger partial charge is 0.274 e. The van der Waals surface area contributed by atoms with Crippen molar-refractivity contribution in [2.45, 2.75) is 31.8 Å². The van der Waals surface area contributed by atoms with Gasteiger partial charge in [-0.05, 0) is 36.1 Å². The van der Waals surface area contributed by atoms with Crippen LogP contribution in [0.4, 0.5) is 5.95 Å². The minimum Gasteiger partial charge on any atom is -0.494 e. The van der Waals surface area contributed by atoms with E-state index in [4.69, 9.17) is 14.6 Å². The quantitative estimate of drug-likeness (QED) is 0.433. The standard InChI is InChI=1S/C25H31N5O5S2/c1-34-21-16-26-24(27-17-21)29-9-7-20(8-10-29)35-25-28-22-4-3-19(15-23(22)36-25)18-5-11-30(12-6-18)37(32,33)14-2-13-31/h3-5,15-17,20,31H,2,6-14H2,1H3. The highest BCUT2D eigenvalue weighted by Gasteiger charge is 2.25. The Morgan fingerprint density at radius 1 is 1.16 bits per heavy atom.